The van der Waals surface area contributed by atoms with Crippen LogP contribution in [-0.4, -0.2) is 49.5 Å². The molecule has 4 rings (SSSR count). The number of amides is 4. The van der Waals surface area contributed by atoms with E-state index in [4.69, 9.17) is 4.74 Å². The van der Waals surface area contributed by atoms with Crippen molar-refractivity contribution >= 4 is 35.3 Å². The van der Waals surface area contributed by atoms with E-state index in [1.165, 1.54) is 32.1 Å². The second-order valence-electron chi connectivity index (χ2n) is 8.22. The lowest BCUT2D eigenvalue weighted by atomic mass is 10.0. The molecule has 8 nitrogen and oxygen atoms in total. The molecule has 2 N–H and O–H groups in total. The number of anilines is 2. The second-order valence-corrected chi connectivity index (χ2v) is 8.22. The van der Waals surface area contributed by atoms with Crippen molar-refractivity contribution < 1.29 is 19.1 Å². The lowest BCUT2D eigenvalue weighted by Gasteiger charge is -2.29. The largest absolute Gasteiger partial charge is 0.495 e. The highest BCUT2D eigenvalue weighted by molar-refractivity contribution is 6.16. The monoisotopic (exact) mass is 448 g/mol. The first-order chi connectivity index (χ1) is 16.0. The Kier molecular flexibility index (Phi) is 6.63. The van der Waals surface area contributed by atoms with Gasteiger partial charge in [-0.1, -0.05) is 18.2 Å². The van der Waals surface area contributed by atoms with E-state index in [-0.39, 0.29) is 5.70 Å². The number of carbonyl (C=O) groups excluding carboxylic acids is 3. The van der Waals surface area contributed by atoms with Crippen molar-refractivity contribution in [3.05, 3.63) is 59.3 Å². The van der Waals surface area contributed by atoms with E-state index in [9.17, 15) is 14.4 Å². The summed E-state index contributed by atoms with van der Waals surface area (Å²) >= 11 is 0. The van der Waals surface area contributed by atoms with Crippen LogP contribution in [0.5, 0.6) is 5.75 Å². The minimum atomic E-state index is -0.621. The van der Waals surface area contributed by atoms with E-state index in [0.717, 1.165) is 29.1 Å². The smallest absolute Gasteiger partial charge is 0.329 e. The summed E-state index contributed by atoms with van der Waals surface area (Å²) in [6, 6.07) is 12.4. The normalized spacial score (nSPS) is 17.3. The molecule has 8 heteroatoms. The van der Waals surface area contributed by atoms with Gasteiger partial charge < -0.3 is 20.3 Å². The molecule has 2 aliphatic rings. The van der Waals surface area contributed by atoms with Crippen molar-refractivity contribution in [1.29, 1.82) is 0 Å². The van der Waals surface area contributed by atoms with Gasteiger partial charge in [-0.05, 0) is 67.7 Å². The van der Waals surface area contributed by atoms with Crippen LogP contribution in [0.2, 0.25) is 0 Å². The van der Waals surface area contributed by atoms with Gasteiger partial charge in [0.05, 0.1) is 12.8 Å². The average Bonchev–Trinajstić information content (AvgIpc) is 3.08. The number of imide groups is 1. The zero-order valence-corrected chi connectivity index (χ0v) is 18.9. The molecule has 2 aliphatic heterocycles. The highest BCUT2D eigenvalue weighted by atomic mass is 16.5. The average molecular weight is 449 g/mol. The lowest BCUT2D eigenvalue weighted by Crippen LogP contribution is -2.38. The van der Waals surface area contributed by atoms with Gasteiger partial charge in [-0.3, -0.25) is 9.59 Å². The van der Waals surface area contributed by atoms with Crippen molar-refractivity contribution in [2.24, 2.45) is 0 Å². The van der Waals surface area contributed by atoms with Gasteiger partial charge >= 0.3 is 6.03 Å². The number of urea groups is 1. The van der Waals surface area contributed by atoms with Crippen molar-refractivity contribution in [2.45, 2.75) is 26.2 Å². The van der Waals surface area contributed by atoms with Crippen molar-refractivity contribution in [3.8, 4) is 5.75 Å². The molecule has 0 atom stereocenters. The second kappa shape index (κ2) is 9.77. The molecule has 0 aromatic heterocycles. The van der Waals surface area contributed by atoms with Crippen LogP contribution < -0.4 is 20.3 Å². The standard InChI is InChI=1S/C25H28N4O4/c1-17-14-19(28-12-6-3-7-13-28)11-10-18(17)15-21-24(31)29(25(32)27-21)16-23(30)26-20-8-4-5-9-22(20)33-2/h4-5,8-11,14-15H,3,6-7,12-13,16H2,1-2H3,(H,26,30)(H,27,32)/b21-15+. The van der Waals surface area contributed by atoms with E-state index >= 15 is 0 Å². The quantitative estimate of drug-likeness (QED) is 0.521. The van der Waals surface area contributed by atoms with Crippen LogP contribution in [0.1, 0.15) is 30.4 Å². The SMILES string of the molecule is COc1ccccc1NC(=O)CN1C(=O)N/C(=C/c2ccc(N3CCCCC3)cc2C)C1=O. The van der Waals surface area contributed by atoms with Crippen LogP contribution in [0.15, 0.2) is 48.2 Å². The molecule has 0 saturated carbocycles. The minimum absolute atomic E-state index is 0.152. The van der Waals surface area contributed by atoms with Gasteiger partial charge in [0.25, 0.3) is 5.91 Å². The maximum atomic E-state index is 12.8. The third-order valence-corrected chi connectivity index (χ3v) is 5.92. The molecule has 2 heterocycles. The fourth-order valence-electron chi connectivity index (χ4n) is 4.12. The van der Waals surface area contributed by atoms with Gasteiger partial charge in [-0.2, -0.15) is 0 Å². The maximum Gasteiger partial charge on any atom is 0.329 e. The van der Waals surface area contributed by atoms with E-state index in [1.54, 1.807) is 30.3 Å². The van der Waals surface area contributed by atoms with Gasteiger partial charge in [0, 0.05) is 18.8 Å². The molecule has 0 aliphatic carbocycles. The number of hydrogen-bond donors (Lipinski definition) is 2. The molecule has 0 unspecified atom stereocenters. The number of hydrogen-bond acceptors (Lipinski definition) is 5. The summed E-state index contributed by atoms with van der Waals surface area (Å²) in [6.45, 7) is 3.70. The van der Waals surface area contributed by atoms with E-state index in [0.29, 0.717) is 11.4 Å². The van der Waals surface area contributed by atoms with Crippen LogP contribution in [0.3, 0.4) is 0 Å². The zero-order chi connectivity index (χ0) is 23.4. The van der Waals surface area contributed by atoms with Crippen LogP contribution in [-0.2, 0) is 9.59 Å². The fourth-order valence-corrected chi connectivity index (χ4v) is 4.12. The summed E-state index contributed by atoms with van der Waals surface area (Å²) < 4.78 is 5.21. The Labute approximate surface area is 193 Å². The fraction of sp³-hybridized carbons (Fsp3) is 0.320. The van der Waals surface area contributed by atoms with E-state index in [2.05, 4.69) is 21.6 Å². The number of ether oxygens (including phenoxy) is 1. The number of rotatable bonds is 6. The number of carbonyl (C=O) groups is 3. The predicted molar refractivity (Wildman–Crippen MR) is 127 cm³/mol. The summed E-state index contributed by atoms with van der Waals surface area (Å²) in [6.07, 6.45) is 5.33. The third-order valence-electron chi connectivity index (χ3n) is 5.92. The van der Waals surface area contributed by atoms with Crippen LogP contribution in [0.25, 0.3) is 6.08 Å². The van der Waals surface area contributed by atoms with Crippen LogP contribution >= 0.6 is 0 Å². The first kappa shape index (κ1) is 22.4. The number of benzene rings is 2. The molecule has 2 saturated heterocycles. The predicted octanol–water partition coefficient (Wildman–Crippen LogP) is 3.53. The molecule has 0 bridgehead atoms. The Morgan fingerprint density at radius 3 is 2.61 bits per heavy atom. The van der Waals surface area contributed by atoms with Gasteiger partial charge in [0.2, 0.25) is 5.91 Å². The third kappa shape index (κ3) is 5.00. The van der Waals surface area contributed by atoms with Crippen LogP contribution in [0, 0.1) is 6.92 Å². The maximum absolute atomic E-state index is 12.8. The summed E-state index contributed by atoms with van der Waals surface area (Å²) in [5, 5.41) is 5.26. The Morgan fingerprint density at radius 1 is 1.12 bits per heavy atom. The van der Waals surface area contributed by atoms with Gasteiger partial charge in [-0.15, -0.1) is 0 Å². The number of para-hydroxylation sites is 2. The summed E-state index contributed by atoms with van der Waals surface area (Å²) in [4.78, 5) is 40.9. The lowest BCUT2D eigenvalue weighted by molar-refractivity contribution is -0.127. The first-order valence-electron chi connectivity index (χ1n) is 11.1. The topological polar surface area (TPSA) is 91.0 Å². The summed E-state index contributed by atoms with van der Waals surface area (Å²) in [7, 11) is 1.50. The Bertz CT molecular complexity index is 1110. The van der Waals surface area contributed by atoms with E-state index in [1.807, 2.05) is 19.1 Å². The van der Waals surface area contributed by atoms with Gasteiger partial charge in [-0.25, -0.2) is 9.69 Å². The molecule has 4 amide bonds. The summed E-state index contributed by atoms with van der Waals surface area (Å²) in [5.41, 5.74) is 3.65. The molecule has 0 spiro atoms. The van der Waals surface area contributed by atoms with Crippen molar-refractivity contribution in [3.63, 3.8) is 0 Å². The number of nitrogens with one attached hydrogen (secondary N) is 2. The minimum Gasteiger partial charge on any atom is -0.495 e. The molecule has 2 fully saturated rings. The number of nitrogens with zero attached hydrogens (tertiary/aromatic N) is 2. The molecule has 172 valence electrons. The molecule has 2 aromatic rings. The number of piperidine rings is 1. The first-order valence-corrected chi connectivity index (χ1v) is 11.1. The van der Waals surface area contributed by atoms with Crippen molar-refractivity contribution in [2.75, 3.05) is 37.0 Å². The zero-order valence-electron chi connectivity index (χ0n) is 18.9. The number of aryl methyl sites for hydroxylation is 1. The Hall–Kier alpha value is -3.81. The molecule has 33 heavy (non-hydrogen) atoms. The van der Waals surface area contributed by atoms with Crippen LogP contribution in [0.4, 0.5) is 16.2 Å². The van der Waals surface area contributed by atoms with E-state index < -0.39 is 24.4 Å². The van der Waals surface area contributed by atoms with Gasteiger partial charge in [0.1, 0.15) is 18.0 Å². The Morgan fingerprint density at radius 2 is 1.88 bits per heavy atom. The highest BCUT2D eigenvalue weighted by Crippen LogP contribution is 2.25. The molecular weight excluding hydrogens is 420 g/mol. The molecule has 2 aromatic carbocycles. The molecular formula is C25H28N4O4. The molecule has 0 radical (unpaired) electrons. The van der Waals surface area contributed by atoms with Crippen molar-refractivity contribution in [1.82, 2.24) is 10.2 Å². The van der Waals surface area contributed by atoms with Gasteiger partial charge in [0.15, 0.2) is 0 Å². The Balaban J connectivity index is 1.44. The summed E-state index contributed by atoms with van der Waals surface area (Å²) in [5.74, 6) is -0.534. The number of methoxy groups -OCH3 is 1. The highest BCUT2D eigenvalue weighted by Gasteiger charge is 2.35.